The Morgan fingerprint density at radius 2 is 1.85 bits per heavy atom. The van der Waals surface area contributed by atoms with Crippen LogP contribution in [0.2, 0.25) is 0 Å². The summed E-state index contributed by atoms with van der Waals surface area (Å²) in [6, 6.07) is 11.2. The summed E-state index contributed by atoms with van der Waals surface area (Å²) in [6.07, 6.45) is -0.538. The molecule has 3 rings (SSSR count). The maximum atomic E-state index is 12.4. The van der Waals surface area contributed by atoms with Crippen LogP contribution < -0.4 is 4.74 Å². The van der Waals surface area contributed by atoms with E-state index in [-0.39, 0.29) is 5.75 Å². The molecule has 0 aliphatic heterocycles. The number of rotatable bonds is 5. The van der Waals surface area contributed by atoms with Crippen LogP contribution in [0, 0.1) is 6.92 Å². The van der Waals surface area contributed by atoms with Gasteiger partial charge in [0.15, 0.2) is 0 Å². The first-order chi connectivity index (χ1) is 12.3. The van der Waals surface area contributed by atoms with E-state index >= 15 is 0 Å². The number of carbonyl (C=O) groups excluding carboxylic acids is 1. The van der Waals surface area contributed by atoms with Crippen LogP contribution >= 0.6 is 0 Å². The molecule has 0 bridgehead atoms. The molecule has 0 radical (unpaired) electrons. The van der Waals surface area contributed by atoms with Gasteiger partial charge in [-0.15, -0.1) is 0 Å². The Balaban J connectivity index is 1.72. The van der Waals surface area contributed by atoms with E-state index in [0.717, 1.165) is 16.9 Å². The smallest absolute Gasteiger partial charge is 0.387 e. The third-order valence-electron chi connectivity index (χ3n) is 4.20. The van der Waals surface area contributed by atoms with Crippen molar-refractivity contribution in [1.82, 2.24) is 9.55 Å². The summed E-state index contributed by atoms with van der Waals surface area (Å²) >= 11 is 0. The lowest BCUT2D eigenvalue weighted by Crippen LogP contribution is -2.09. The molecule has 0 aliphatic rings. The number of nitrogens with zero attached hydrogens (tertiary/aromatic N) is 2. The van der Waals surface area contributed by atoms with E-state index in [9.17, 15) is 13.6 Å². The molecule has 0 saturated heterocycles. The van der Waals surface area contributed by atoms with Gasteiger partial charge in [-0.25, -0.2) is 9.78 Å². The second-order valence-electron chi connectivity index (χ2n) is 5.92. The lowest BCUT2D eigenvalue weighted by molar-refractivity contribution is -0.0498. The second-order valence-corrected chi connectivity index (χ2v) is 5.92. The normalized spacial score (nSPS) is 12.4. The van der Waals surface area contributed by atoms with Crippen molar-refractivity contribution in [3.05, 3.63) is 59.4 Å². The van der Waals surface area contributed by atoms with Crippen LogP contribution in [0.4, 0.5) is 8.78 Å². The molecule has 0 saturated carbocycles. The molecule has 1 atom stereocenters. The molecule has 3 aromatic rings. The minimum absolute atomic E-state index is 0.0539. The van der Waals surface area contributed by atoms with Crippen LogP contribution in [-0.4, -0.2) is 22.1 Å². The molecule has 1 aromatic heterocycles. The highest BCUT2D eigenvalue weighted by Crippen LogP contribution is 2.23. The van der Waals surface area contributed by atoms with Crippen molar-refractivity contribution in [1.29, 1.82) is 0 Å². The molecular weight excluding hydrogens is 342 g/mol. The quantitative estimate of drug-likeness (QED) is 0.633. The van der Waals surface area contributed by atoms with Crippen molar-refractivity contribution in [3.63, 3.8) is 0 Å². The van der Waals surface area contributed by atoms with E-state index in [1.165, 1.54) is 12.1 Å². The first-order valence-electron chi connectivity index (χ1n) is 8.04. The summed E-state index contributed by atoms with van der Waals surface area (Å²) in [5.74, 6) is 0.429. The molecule has 2 aromatic carbocycles. The number of benzene rings is 2. The number of hydrogen-bond acceptors (Lipinski definition) is 4. The molecule has 7 heteroatoms. The summed E-state index contributed by atoms with van der Waals surface area (Å²) in [7, 11) is 1.91. The number of carbonyl (C=O) groups is 1. The third kappa shape index (κ3) is 3.66. The lowest BCUT2D eigenvalue weighted by atomic mass is 10.1. The van der Waals surface area contributed by atoms with Crippen molar-refractivity contribution in [2.24, 2.45) is 7.05 Å². The fraction of sp³-hybridized carbons (Fsp3) is 0.263. The molecule has 136 valence electrons. The Morgan fingerprint density at radius 1 is 1.15 bits per heavy atom. The molecule has 0 amide bonds. The molecule has 0 fully saturated rings. The predicted molar refractivity (Wildman–Crippen MR) is 92.4 cm³/mol. The number of fused-ring (bicyclic) bond motifs is 1. The zero-order valence-electron chi connectivity index (χ0n) is 14.6. The van der Waals surface area contributed by atoms with Gasteiger partial charge in [0.25, 0.3) is 0 Å². The Hall–Kier alpha value is -2.96. The molecule has 5 nitrogen and oxygen atoms in total. The van der Waals surface area contributed by atoms with Gasteiger partial charge in [-0.3, -0.25) is 0 Å². The zero-order chi connectivity index (χ0) is 18.8. The predicted octanol–water partition coefficient (Wildman–Crippen LogP) is 4.40. The van der Waals surface area contributed by atoms with Gasteiger partial charge in [-0.2, -0.15) is 8.78 Å². The number of hydrogen-bond donors (Lipinski definition) is 0. The Bertz CT molecular complexity index is 936. The van der Waals surface area contributed by atoms with Crippen LogP contribution in [0.15, 0.2) is 42.5 Å². The van der Waals surface area contributed by atoms with Crippen molar-refractivity contribution >= 4 is 17.0 Å². The summed E-state index contributed by atoms with van der Waals surface area (Å²) in [4.78, 5) is 16.8. The highest BCUT2D eigenvalue weighted by Gasteiger charge is 2.16. The lowest BCUT2D eigenvalue weighted by Gasteiger charge is -2.14. The molecule has 0 spiro atoms. The summed E-state index contributed by atoms with van der Waals surface area (Å²) < 4.78 is 36.1. The first-order valence-corrected chi connectivity index (χ1v) is 8.04. The number of aromatic nitrogens is 2. The van der Waals surface area contributed by atoms with Crippen LogP contribution in [0.25, 0.3) is 11.0 Å². The van der Waals surface area contributed by atoms with Gasteiger partial charge in [0, 0.05) is 7.05 Å². The number of ether oxygens (including phenoxy) is 2. The minimum Gasteiger partial charge on any atom is -0.454 e. The van der Waals surface area contributed by atoms with Gasteiger partial charge in [0.05, 0.1) is 16.6 Å². The second kappa shape index (κ2) is 7.11. The summed E-state index contributed by atoms with van der Waals surface area (Å²) in [5, 5.41) is 0. The first kappa shape index (κ1) is 17.8. The maximum absolute atomic E-state index is 12.4. The van der Waals surface area contributed by atoms with E-state index in [2.05, 4.69) is 9.72 Å². The van der Waals surface area contributed by atoms with E-state index in [0.29, 0.717) is 11.1 Å². The van der Waals surface area contributed by atoms with Crippen LogP contribution in [0.5, 0.6) is 5.75 Å². The molecule has 0 N–H and O–H groups in total. The molecular formula is C19H18F2N2O3. The Kier molecular flexibility index (Phi) is 4.88. The van der Waals surface area contributed by atoms with Gasteiger partial charge >= 0.3 is 12.6 Å². The summed E-state index contributed by atoms with van der Waals surface area (Å²) in [5.41, 5.74) is 2.73. The van der Waals surface area contributed by atoms with E-state index in [4.69, 9.17) is 4.74 Å². The van der Waals surface area contributed by atoms with Gasteiger partial charge in [-0.1, -0.05) is 12.1 Å². The van der Waals surface area contributed by atoms with E-state index < -0.39 is 18.7 Å². The van der Waals surface area contributed by atoms with Gasteiger partial charge in [-0.05, 0) is 49.7 Å². The molecule has 1 heterocycles. The van der Waals surface area contributed by atoms with Gasteiger partial charge in [0.2, 0.25) is 0 Å². The van der Waals surface area contributed by atoms with Crippen LogP contribution in [0.3, 0.4) is 0 Å². The van der Waals surface area contributed by atoms with Crippen LogP contribution in [-0.2, 0) is 11.8 Å². The summed E-state index contributed by atoms with van der Waals surface area (Å²) in [6.45, 7) is 0.729. The Morgan fingerprint density at radius 3 is 2.50 bits per heavy atom. The van der Waals surface area contributed by atoms with Crippen molar-refractivity contribution < 1.29 is 23.0 Å². The number of imidazole rings is 1. The standard InChI is InChI=1S/C19H18F2N2O3/c1-11(13-4-7-15(8-5-13)26-19(20)21)25-18(24)14-6-9-17-16(10-14)22-12(2)23(17)3/h4-11,19H,1-3H3. The fourth-order valence-corrected chi connectivity index (χ4v) is 2.66. The van der Waals surface area contributed by atoms with Crippen LogP contribution in [0.1, 0.15) is 34.8 Å². The maximum Gasteiger partial charge on any atom is 0.387 e. The largest absolute Gasteiger partial charge is 0.454 e. The van der Waals surface area contributed by atoms with E-state index in [1.54, 1.807) is 31.2 Å². The van der Waals surface area contributed by atoms with Crippen molar-refractivity contribution in [2.45, 2.75) is 26.6 Å². The number of halogens is 2. The number of alkyl halides is 2. The molecule has 26 heavy (non-hydrogen) atoms. The average molecular weight is 360 g/mol. The molecule has 0 aliphatic carbocycles. The van der Waals surface area contributed by atoms with E-state index in [1.807, 2.05) is 24.6 Å². The fourth-order valence-electron chi connectivity index (χ4n) is 2.66. The monoisotopic (exact) mass is 360 g/mol. The van der Waals surface area contributed by atoms with Gasteiger partial charge < -0.3 is 14.0 Å². The topological polar surface area (TPSA) is 53.4 Å². The van der Waals surface area contributed by atoms with Crippen molar-refractivity contribution in [3.8, 4) is 5.75 Å². The highest BCUT2D eigenvalue weighted by atomic mass is 19.3. The molecule has 1 unspecified atom stereocenters. The average Bonchev–Trinajstić information content (AvgIpc) is 2.88. The third-order valence-corrected chi connectivity index (χ3v) is 4.20. The van der Waals surface area contributed by atoms with Crippen molar-refractivity contribution in [2.75, 3.05) is 0 Å². The number of esters is 1. The zero-order valence-corrected chi connectivity index (χ0v) is 14.6. The minimum atomic E-state index is -2.87. The SMILES string of the molecule is Cc1nc2cc(C(=O)OC(C)c3ccc(OC(F)F)cc3)ccc2n1C. The number of aryl methyl sites for hydroxylation is 2. The highest BCUT2D eigenvalue weighted by molar-refractivity contribution is 5.93. The van der Waals surface area contributed by atoms with Gasteiger partial charge in [0.1, 0.15) is 17.7 Å². The Labute approximate surface area is 149 Å².